The van der Waals surface area contributed by atoms with Crippen molar-refractivity contribution in [3.05, 3.63) is 82.4 Å². The number of nitrogens with one attached hydrogen (secondary N) is 1. The molecule has 0 unspecified atom stereocenters. The minimum atomic E-state index is -0.0895. The number of nitrogens with zero attached hydrogens (tertiary/aromatic N) is 4. The Labute approximate surface area is 191 Å². The number of hydrogen-bond acceptors (Lipinski definition) is 5. The molecule has 0 saturated carbocycles. The van der Waals surface area contributed by atoms with Crippen LogP contribution < -0.4 is 10.9 Å². The summed E-state index contributed by atoms with van der Waals surface area (Å²) >= 11 is 0. The molecule has 8 heteroatoms. The number of morpholine rings is 1. The highest BCUT2D eigenvalue weighted by Gasteiger charge is 2.13. The minimum Gasteiger partial charge on any atom is -0.379 e. The molecule has 4 heterocycles. The molecule has 1 aliphatic heterocycles. The Morgan fingerprint density at radius 1 is 1.03 bits per heavy atom. The van der Waals surface area contributed by atoms with Crippen molar-refractivity contribution >= 4 is 22.6 Å². The van der Waals surface area contributed by atoms with E-state index in [0.717, 1.165) is 50.3 Å². The molecule has 1 N–H and O–H groups in total. The second-order valence-corrected chi connectivity index (χ2v) is 8.26. The number of rotatable bonds is 7. The van der Waals surface area contributed by atoms with E-state index in [2.05, 4.69) is 15.2 Å². The molecule has 33 heavy (non-hydrogen) atoms. The molecule has 5 rings (SSSR count). The number of aromatic nitrogens is 3. The molecule has 1 saturated heterocycles. The quantitative estimate of drug-likeness (QED) is 0.441. The number of fused-ring (bicyclic) bond motifs is 3. The normalized spacial score (nSPS) is 14.7. The highest BCUT2D eigenvalue weighted by Crippen LogP contribution is 2.15. The summed E-state index contributed by atoms with van der Waals surface area (Å²) in [7, 11) is 0. The lowest BCUT2D eigenvalue weighted by Gasteiger charge is -2.26. The summed E-state index contributed by atoms with van der Waals surface area (Å²) in [4.78, 5) is 32.4. The third-order valence-corrected chi connectivity index (χ3v) is 6.09. The zero-order chi connectivity index (χ0) is 22.6. The van der Waals surface area contributed by atoms with Gasteiger partial charge in [-0.15, -0.1) is 0 Å². The van der Waals surface area contributed by atoms with Crippen LogP contribution in [0.25, 0.3) is 16.7 Å². The molecule has 0 radical (unpaired) electrons. The van der Waals surface area contributed by atoms with Gasteiger partial charge in [-0.1, -0.05) is 12.1 Å². The minimum absolute atomic E-state index is 0.0811. The van der Waals surface area contributed by atoms with E-state index in [-0.39, 0.29) is 11.5 Å². The van der Waals surface area contributed by atoms with Crippen LogP contribution in [0.5, 0.6) is 0 Å². The van der Waals surface area contributed by atoms with Crippen LogP contribution in [-0.2, 0) is 11.3 Å². The third-order valence-electron chi connectivity index (χ3n) is 6.09. The smallest absolute Gasteiger partial charge is 0.276 e. The van der Waals surface area contributed by atoms with E-state index in [4.69, 9.17) is 4.74 Å². The fourth-order valence-corrected chi connectivity index (χ4v) is 4.31. The number of carbonyl (C=O) groups excluding carboxylic acids is 1. The topological polar surface area (TPSA) is 80.9 Å². The van der Waals surface area contributed by atoms with Crippen molar-refractivity contribution < 1.29 is 9.53 Å². The van der Waals surface area contributed by atoms with Crippen molar-refractivity contribution in [2.45, 2.75) is 13.0 Å². The number of ether oxygens (including phenoxy) is 1. The Morgan fingerprint density at radius 3 is 2.64 bits per heavy atom. The van der Waals surface area contributed by atoms with Crippen molar-refractivity contribution in [2.24, 2.45) is 0 Å². The molecule has 1 amide bonds. The lowest BCUT2D eigenvalue weighted by atomic mass is 10.1. The zero-order valence-electron chi connectivity index (χ0n) is 18.4. The molecule has 0 aliphatic carbocycles. The molecule has 1 aliphatic rings. The molecule has 1 fully saturated rings. The number of amides is 1. The monoisotopic (exact) mass is 445 g/mol. The van der Waals surface area contributed by atoms with E-state index in [9.17, 15) is 9.59 Å². The summed E-state index contributed by atoms with van der Waals surface area (Å²) in [5, 5.41) is 2.99. The van der Waals surface area contributed by atoms with Crippen LogP contribution in [-0.4, -0.2) is 64.2 Å². The van der Waals surface area contributed by atoms with Gasteiger partial charge >= 0.3 is 0 Å². The number of benzene rings is 1. The molecule has 3 aromatic heterocycles. The average molecular weight is 446 g/mol. The van der Waals surface area contributed by atoms with Gasteiger partial charge in [0.05, 0.1) is 25.3 Å². The van der Waals surface area contributed by atoms with E-state index < -0.39 is 0 Å². The van der Waals surface area contributed by atoms with E-state index in [1.165, 1.54) is 0 Å². The summed E-state index contributed by atoms with van der Waals surface area (Å²) in [5.41, 5.74) is 3.58. The predicted molar refractivity (Wildman–Crippen MR) is 127 cm³/mol. The van der Waals surface area contributed by atoms with E-state index in [1.54, 1.807) is 10.8 Å². The van der Waals surface area contributed by atoms with Gasteiger partial charge in [0.2, 0.25) is 0 Å². The summed E-state index contributed by atoms with van der Waals surface area (Å²) < 4.78 is 8.91. The van der Waals surface area contributed by atoms with Crippen molar-refractivity contribution in [1.29, 1.82) is 0 Å². The van der Waals surface area contributed by atoms with Crippen LogP contribution in [0.4, 0.5) is 0 Å². The maximum absolute atomic E-state index is 13.1. The van der Waals surface area contributed by atoms with Crippen LogP contribution in [0.3, 0.4) is 0 Å². The van der Waals surface area contributed by atoms with Crippen LogP contribution in [0.1, 0.15) is 22.3 Å². The highest BCUT2D eigenvalue weighted by molar-refractivity contribution is 5.94. The Morgan fingerprint density at radius 2 is 1.82 bits per heavy atom. The summed E-state index contributed by atoms with van der Waals surface area (Å²) in [5.74, 6) is -0.0811. The van der Waals surface area contributed by atoms with Crippen molar-refractivity contribution in [3.63, 3.8) is 0 Å². The number of hydrogen-bond donors (Lipinski definition) is 1. The fourth-order valence-electron chi connectivity index (χ4n) is 4.31. The third kappa shape index (κ3) is 4.53. The first kappa shape index (κ1) is 21.4. The van der Waals surface area contributed by atoms with Gasteiger partial charge in [-0.2, -0.15) is 0 Å². The van der Waals surface area contributed by atoms with Gasteiger partial charge in [-0.25, -0.2) is 4.98 Å². The number of carbonyl (C=O) groups is 1. The lowest BCUT2D eigenvalue weighted by Crippen LogP contribution is -2.38. The fraction of sp³-hybridized carbons (Fsp3) is 0.320. The average Bonchev–Trinajstić information content (AvgIpc) is 3.36. The van der Waals surface area contributed by atoms with E-state index in [1.807, 2.05) is 59.1 Å². The Kier molecular flexibility index (Phi) is 6.19. The SMILES string of the molecule is O=C(NCCCN1CCOCC1)c1ccc(Cn2c(=O)c3cccn3c3cccnc32)cc1. The van der Waals surface area contributed by atoms with Gasteiger partial charge in [-0.05, 0) is 54.9 Å². The molecular weight excluding hydrogens is 418 g/mol. The maximum Gasteiger partial charge on any atom is 0.276 e. The first-order chi connectivity index (χ1) is 16.2. The van der Waals surface area contributed by atoms with Crippen LogP contribution in [0.2, 0.25) is 0 Å². The van der Waals surface area contributed by atoms with Gasteiger partial charge in [0.1, 0.15) is 5.52 Å². The second-order valence-electron chi connectivity index (χ2n) is 8.26. The Hall–Kier alpha value is -3.49. The van der Waals surface area contributed by atoms with Crippen molar-refractivity contribution in [2.75, 3.05) is 39.4 Å². The zero-order valence-corrected chi connectivity index (χ0v) is 18.4. The molecule has 8 nitrogen and oxygen atoms in total. The van der Waals surface area contributed by atoms with Crippen molar-refractivity contribution in [3.8, 4) is 0 Å². The molecule has 0 spiro atoms. The van der Waals surface area contributed by atoms with E-state index >= 15 is 0 Å². The molecular formula is C25H27N5O3. The molecule has 170 valence electrons. The van der Waals surface area contributed by atoms with Gasteiger partial charge in [0.25, 0.3) is 11.5 Å². The molecule has 4 aromatic rings. The Balaban J connectivity index is 1.25. The van der Waals surface area contributed by atoms with Crippen molar-refractivity contribution in [1.82, 2.24) is 24.2 Å². The van der Waals surface area contributed by atoms with Gasteiger partial charge in [0, 0.05) is 37.6 Å². The summed E-state index contributed by atoms with van der Waals surface area (Å²) in [6, 6.07) is 14.9. The van der Waals surface area contributed by atoms with E-state index in [0.29, 0.717) is 29.8 Å². The predicted octanol–water partition coefficient (Wildman–Crippen LogP) is 2.15. The first-order valence-corrected chi connectivity index (χ1v) is 11.3. The standard InChI is InChI=1S/C25H27N5O3/c31-24(27-11-3-12-28-14-16-33-17-15-28)20-8-6-19(7-9-20)18-30-23-21(4-1-10-26-23)29-13-2-5-22(29)25(30)32/h1-2,4-10,13H,3,11-12,14-18H2,(H,27,31). The highest BCUT2D eigenvalue weighted by atomic mass is 16.5. The van der Waals surface area contributed by atoms with Crippen LogP contribution >= 0.6 is 0 Å². The number of pyridine rings is 1. The molecule has 0 atom stereocenters. The molecule has 0 bridgehead atoms. The second kappa shape index (κ2) is 9.56. The Bertz CT molecular complexity index is 1320. The maximum atomic E-state index is 13.1. The summed E-state index contributed by atoms with van der Waals surface area (Å²) in [6.07, 6.45) is 4.48. The van der Waals surface area contributed by atoms with Crippen LogP contribution in [0, 0.1) is 0 Å². The largest absolute Gasteiger partial charge is 0.379 e. The van der Waals surface area contributed by atoms with Crippen LogP contribution in [0.15, 0.2) is 65.7 Å². The molecule has 1 aromatic carbocycles. The van der Waals surface area contributed by atoms with Gasteiger partial charge < -0.3 is 14.5 Å². The first-order valence-electron chi connectivity index (χ1n) is 11.3. The lowest BCUT2D eigenvalue weighted by molar-refractivity contribution is 0.0374. The van der Waals surface area contributed by atoms with Gasteiger partial charge in [-0.3, -0.25) is 19.1 Å². The summed E-state index contributed by atoms with van der Waals surface area (Å²) in [6.45, 7) is 5.48. The van der Waals surface area contributed by atoms with Gasteiger partial charge in [0.15, 0.2) is 5.65 Å².